The first-order valence-corrected chi connectivity index (χ1v) is 11.6. The number of benzene rings is 2. The lowest BCUT2D eigenvalue weighted by Gasteiger charge is -2.31. The molecule has 0 atom stereocenters. The van der Waals surface area contributed by atoms with Gasteiger partial charge in [-0.3, -0.25) is 4.79 Å². The lowest BCUT2D eigenvalue weighted by molar-refractivity contribution is -0.895. The van der Waals surface area contributed by atoms with Crippen LogP contribution in [0, 0.1) is 0 Å². The molecule has 30 heavy (non-hydrogen) atoms. The summed E-state index contributed by atoms with van der Waals surface area (Å²) in [7, 11) is -1.91. The molecule has 7 nitrogen and oxygen atoms in total. The lowest BCUT2D eigenvalue weighted by atomic mass is 10.0. The number of quaternary nitrogens is 1. The Balaban J connectivity index is 1.52. The Bertz CT molecular complexity index is 949. The molecule has 0 radical (unpaired) electrons. The second kappa shape index (κ2) is 9.59. The van der Waals surface area contributed by atoms with Crippen molar-refractivity contribution in [3.05, 3.63) is 54.1 Å². The molecule has 0 aliphatic carbocycles. The number of nitrogens with zero attached hydrogens (tertiary/aromatic N) is 1. The first-order valence-electron chi connectivity index (χ1n) is 10.2. The van der Waals surface area contributed by atoms with Crippen LogP contribution in [0.25, 0.3) is 0 Å². The van der Waals surface area contributed by atoms with E-state index in [-0.39, 0.29) is 5.91 Å². The summed E-state index contributed by atoms with van der Waals surface area (Å²) in [6.07, 6.45) is 0. The average molecular weight is 433 g/mol. The highest BCUT2D eigenvalue weighted by Crippen LogP contribution is 2.20. The minimum Gasteiger partial charge on any atom is -0.497 e. The SMILES string of the molecule is COc1ccc(NC(=O)C[NH+]2CCN(S(=O)(=O)c3ccc(C(C)C)cc3)CC2)cc1. The summed E-state index contributed by atoms with van der Waals surface area (Å²) in [5.74, 6) is 1.00. The molecule has 1 saturated heterocycles. The van der Waals surface area contributed by atoms with Crippen molar-refractivity contribution in [1.82, 2.24) is 4.31 Å². The highest BCUT2D eigenvalue weighted by molar-refractivity contribution is 7.89. The molecular formula is C22H30N3O4S+. The number of amides is 1. The van der Waals surface area contributed by atoms with Gasteiger partial charge in [0.05, 0.1) is 38.2 Å². The number of anilines is 1. The van der Waals surface area contributed by atoms with Gasteiger partial charge in [-0.15, -0.1) is 0 Å². The maximum Gasteiger partial charge on any atom is 0.279 e. The fraction of sp³-hybridized carbons (Fsp3) is 0.409. The Labute approximate surface area is 178 Å². The monoisotopic (exact) mass is 432 g/mol. The van der Waals surface area contributed by atoms with Gasteiger partial charge >= 0.3 is 0 Å². The van der Waals surface area contributed by atoms with Gasteiger partial charge in [-0.05, 0) is 47.9 Å². The van der Waals surface area contributed by atoms with E-state index in [4.69, 9.17) is 4.74 Å². The van der Waals surface area contributed by atoms with Gasteiger partial charge in [0.25, 0.3) is 5.91 Å². The Morgan fingerprint density at radius 2 is 1.67 bits per heavy atom. The summed E-state index contributed by atoms with van der Waals surface area (Å²) in [6.45, 7) is 6.47. The second-order valence-electron chi connectivity index (χ2n) is 7.83. The van der Waals surface area contributed by atoms with E-state index in [1.807, 2.05) is 12.1 Å². The number of rotatable bonds is 7. The third-order valence-electron chi connectivity index (χ3n) is 5.40. The summed E-state index contributed by atoms with van der Waals surface area (Å²) < 4.78 is 32.5. The standard InChI is InChI=1S/C22H29N3O4S/c1-17(2)18-4-10-21(11-5-18)30(27,28)25-14-12-24(13-15-25)16-22(26)23-19-6-8-20(29-3)9-7-19/h4-11,17H,12-16H2,1-3H3,(H,23,26)/p+1. The average Bonchev–Trinajstić information content (AvgIpc) is 2.74. The van der Waals surface area contributed by atoms with Gasteiger partial charge in [-0.1, -0.05) is 26.0 Å². The van der Waals surface area contributed by atoms with E-state index in [9.17, 15) is 13.2 Å². The summed E-state index contributed by atoms with van der Waals surface area (Å²) >= 11 is 0. The number of sulfonamides is 1. The first-order chi connectivity index (χ1) is 14.3. The molecule has 1 aliphatic rings. The van der Waals surface area contributed by atoms with Gasteiger partial charge in [0, 0.05) is 5.69 Å². The van der Waals surface area contributed by atoms with Crippen LogP contribution in [0.2, 0.25) is 0 Å². The first kappa shape index (κ1) is 22.3. The summed E-state index contributed by atoms with van der Waals surface area (Å²) in [5.41, 5.74) is 1.83. The normalized spacial score (nSPS) is 15.9. The van der Waals surface area contributed by atoms with Crippen molar-refractivity contribution in [2.24, 2.45) is 0 Å². The van der Waals surface area contributed by atoms with E-state index in [2.05, 4.69) is 19.2 Å². The lowest BCUT2D eigenvalue weighted by Crippen LogP contribution is -3.15. The zero-order chi connectivity index (χ0) is 21.7. The summed E-state index contributed by atoms with van der Waals surface area (Å²) in [4.78, 5) is 13.7. The van der Waals surface area contributed by atoms with Crippen LogP contribution in [-0.2, 0) is 14.8 Å². The van der Waals surface area contributed by atoms with E-state index < -0.39 is 10.0 Å². The second-order valence-corrected chi connectivity index (χ2v) is 9.77. The highest BCUT2D eigenvalue weighted by Gasteiger charge is 2.31. The van der Waals surface area contributed by atoms with E-state index >= 15 is 0 Å². The van der Waals surface area contributed by atoms with Gasteiger partial charge in [-0.25, -0.2) is 8.42 Å². The number of carbonyl (C=O) groups is 1. The van der Waals surface area contributed by atoms with Gasteiger partial charge in [0.15, 0.2) is 6.54 Å². The fourth-order valence-corrected chi connectivity index (χ4v) is 4.94. The number of ether oxygens (including phenoxy) is 1. The van der Waals surface area contributed by atoms with Crippen LogP contribution in [0.3, 0.4) is 0 Å². The molecule has 2 aromatic carbocycles. The van der Waals surface area contributed by atoms with Crippen LogP contribution in [0.5, 0.6) is 5.75 Å². The molecule has 2 N–H and O–H groups in total. The predicted molar refractivity (Wildman–Crippen MR) is 116 cm³/mol. The molecule has 0 aromatic heterocycles. The Hall–Kier alpha value is -2.42. The van der Waals surface area contributed by atoms with Gasteiger partial charge in [-0.2, -0.15) is 4.31 Å². The van der Waals surface area contributed by atoms with Crippen LogP contribution in [-0.4, -0.2) is 58.5 Å². The molecule has 0 saturated carbocycles. The van der Waals surface area contributed by atoms with E-state index in [1.54, 1.807) is 43.5 Å². The minimum absolute atomic E-state index is 0.0873. The number of nitrogens with one attached hydrogen (secondary N) is 2. The fourth-order valence-electron chi connectivity index (χ4n) is 3.50. The van der Waals surface area contributed by atoms with Gasteiger partial charge < -0.3 is 15.0 Å². The minimum atomic E-state index is -3.50. The quantitative estimate of drug-likeness (QED) is 0.692. The summed E-state index contributed by atoms with van der Waals surface area (Å²) in [6, 6.07) is 14.3. The van der Waals surface area contributed by atoms with E-state index in [1.165, 1.54) is 4.31 Å². The molecule has 3 rings (SSSR count). The van der Waals surface area contributed by atoms with Crippen molar-refractivity contribution >= 4 is 21.6 Å². The number of piperazine rings is 1. The zero-order valence-corrected chi connectivity index (χ0v) is 18.5. The molecule has 0 bridgehead atoms. The molecule has 1 aliphatic heterocycles. The smallest absolute Gasteiger partial charge is 0.279 e. The van der Waals surface area contributed by atoms with Crippen molar-refractivity contribution < 1.29 is 22.8 Å². The molecule has 0 unspecified atom stereocenters. The molecule has 1 amide bonds. The van der Waals surface area contributed by atoms with Crippen molar-refractivity contribution in [3.63, 3.8) is 0 Å². The van der Waals surface area contributed by atoms with Crippen LogP contribution < -0.4 is 15.0 Å². The van der Waals surface area contributed by atoms with E-state index in [0.29, 0.717) is 49.2 Å². The van der Waals surface area contributed by atoms with Crippen molar-refractivity contribution in [2.45, 2.75) is 24.7 Å². The van der Waals surface area contributed by atoms with Crippen LogP contribution in [0.4, 0.5) is 5.69 Å². The Kier molecular flexibility index (Phi) is 7.12. The van der Waals surface area contributed by atoms with E-state index in [0.717, 1.165) is 16.2 Å². The van der Waals surface area contributed by atoms with Crippen molar-refractivity contribution in [2.75, 3.05) is 45.2 Å². The van der Waals surface area contributed by atoms with Crippen LogP contribution in [0.15, 0.2) is 53.4 Å². The maximum absolute atomic E-state index is 12.9. The predicted octanol–water partition coefficient (Wildman–Crippen LogP) is 1.35. The largest absolute Gasteiger partial charge is 0.497 e. The molecule has 1 heterocycles. The number of hydrogen-bond donors (Lipinski definition) is 2. The number of methoxy groups -OCH3 is 1. The topological polar surface area (TPSA) is 80.2 Å². The Morgan fingerprint density at radius 1 is 1.07 bits per heavy atom. The molecule has 1 fully saturated rings. The highest BCUT2D eigenvalue weighted by atomic mass is 32.2. The third kappa shape index (κ3) is 5.38. The summed E-state index contributed by atoms with van der Waals surface area (Å²) in [5, 5.41) is 2.87. The number of hydrogen-bond acceptors (Lipinski definition) is 4. The van der Waals surface area contributed by atoms with Crippen molar-refractivity contribution in [3.8, 4) is 5.75 Å². The Morgan fingerprint density at radius 3 is 2.20 bits per heavy atom. The van der Waals surface area contributed by atoms with Gasteiger partial charge in [0.2, 0.25) is 10.0 Å². The zero-order valence-electron chi connectivity index (χ0n) is 17.7. The maximum atomic E-state index is 12.9. The molecule has 162 valence electrons. The van der Waals surface area contributed by atoms with Gasteiger partial charge in [0.1, 0.15) is 5.75 Å². The van der Waals surface area contributed by atoms with Crippen molar-refractivity contribution in [1.29, 1.82) is 0 Å². The molecule has 0 spiro atoms. The third-order valence-corrected chi connectivity index (χ3v) is 7.31. The number of carbonyl (C=O) groups excluding carboxylic acids is 1. The van der Waals surface area contributed by atoms with Crippen LogP contribution in [0.1, 0.15) is 25.3 Å². The molecule has 2 aromatic rings. The molecule has 8 heteroatoms. The van der Waals surface area contributed by atoms with Crippen LogP contribution >= 0.6 is 0 Å². The molecular weight excluding hydrogens is 402 g/mol.